The van der Waals surface area contributed by atoms with Crippen LogP contribution in [0.25, 0.3) is 0 Å². The van der Waals surface area contributed by atoms with Gasteiger partial charge in [0, 0.05) is 13.1 Å². The lowest BCUT2D eigenvalue weighted by molar-refractivity contribution is -0.0587. The minimum atomic E-state index is -0.0502. The van der Waals surface area contributed by atoms with Crippen molar-refractivity contribution >= 4 is 17.6 Å². The molecule has 0 aliphatic carbocycles. The lowest BCUT2D eigenvalue weighted by atomic mass is 10.2. The van der Waals surface area contributed by atoms with Crippen LogP contribution in [0.5, 0.6) is 0 Å². The Kier molecular flexibility index (Phi) is 2.97. The van der Waals surface area contributed by atoms with E-state index in [1.165, 1.54) is 6.20 Å². The third-order valence-electron chi connectivity index (χ3n) is 2.29. The number of carbonyl (C=O) groups excluding carboxylic acids is 1. The molecule has 0 bridgehead atoms. The first-order valence-electron chi connectivity index (χ1n) is 4.89. The van der Waals surface area contributed by atoms with E-state index in [1.807, 2.05) is 13.8 Å². The van der Waals surface area contributed by atoms with Crippen LogP contribution in [0.2, 0.25) is 0 Å². The van der Waals surface area contributed by atoms with Crippen molar-refractivity contribution in [3.8, 4) is 0 Å². The first kappa shape index (κ1) is 10.5. The number of amides is 1. The van der Waals surface area contributed by atoms with Crippen LogP contribution in [-0.4, -0.2) is 44.9 Å². The number of morpholine rings is 1. The average Bonchev–Trinajstić information content (AvgIpc) is 2.67. The molecule has 2 atom stereocenters. The first-order chi connectivity index (χ1) is 7.16. The number of carbonyl (C=O) groups is 1. The van der Waals surface area contributed by atoms with Crippen LogP contribution in [0.4, 0.5) is 0 Å². The van der Waals surface area contributed by atoms with Crippen molar-refractivity contribution in [2.75, 3.05) is 13.1 Å². The molecule has 0 radical (unpaired) electrons. The topological polar surface area (TPSA) is 55.3 Å². The molecule has 0 saturated carbocycles. The van der Waals surface area contributed by atoms with Gasteiger partial charge in [-0.1, -0.05) is 0 Å². The van der Waals surface area contributed by atoms with E-state index in [1.54, 1.807) is 4.90 Å². The number of nitrogens with zero attached hydrogens (tertiary/aromatic N) is 3. The highest BCUT2D eigenvalue weighted by Gasteiger charge is 2.27. The van der Waals surface area contributed by atoms with Gasteiger partial charge < -0.3 is 9.64 Å². The minimum Gasteiger partial charge on any atom is -0.372 e. The van der Waals surface area contributed by atoms with Gasteiger partial charge in [-0.3, -0.25) is 4.79 Å². The summed E-state index contributed by atoms with van der Waals surface area (Å²) >= 11 is 1.05. The van der Waals surface area contributed by atoms with Crippen molar-refractivity contribution in [3.05, 3.63) is 11.9 Å². The van der Waals surface area contributed by atoms with Crippen molar-refractivity contribution in [3.63, 3.8) is 0 Å². The highest BCUT2D eigenvalue weighted by Crippen LogP contribution is 2.13. The summed E-state index contributed by atoms with van der Waals surface area (Å²) < 4.78 is 13.3. The van der Waals surface area contributed by atoms with Gasteiger partial charge in [-0.15, -0.1) is 0 Å². The zero-order valence-electron chi connectivity index (χ0n) is 8.71. The molecule has 1 aromatic heterocycles. The maximum Gasteiger partial charge on any atom is 0.275 e. The molecule has 0 aromatic carbocycles. The molecule has 1 aliphatic rings. The van der Waals surface area contributed by atoms with Gasteiger partial charge in [-0.05, 0) is 13.8 Å². The molecule has 1 amide bonds. The Morgan fingerprint density at radius 3 is 2.73 bits per heavy atom. The summed E-state index contributed by atoms with van der Waals surface area (Å²) in [5.74, 6) is -0.0502. The number of hydrogen-bond donors (Lipinski definition) is 0. The van der Waals surface area contributed by atoms with Gasteiger partial charge in [0.05, 0.1) is 30.1 Å². The standard InChI is InChI=1S/C9H13N3O2S/c1-6-4-12(5-7(2)14-6)9(13)8-3-10-15-11-8/h3,6-7H,4-5H2,1-2H3. The van der Waals surface area contributed by atoms with Gasteiger partial charge >= 0.3 is 0 Å². The smallest absolute Gasteiger partial charge is 0.275 e. The van der Waals surface area contributed by atoms with E-state index in [9.17, 15) is 4.79 Å². The zero-order valence-corrected chi connectivity index (χ0v) is 9.53. The molecule has 1 aliphatic heterocycles. The van der Waals surface area contributed by atoms with Gasteiger partial charge in [0.2, 0.25) is 0 Å². The summed E-state index contributed by atoms with van der Waals surface area (Å²) in [5.41, 5.74) is 0.432. The third kappa shape index (κ3) is 2.32. The zero-order chi connectivity index (χ0) is 10.8. The molecule has 0 N–H and O–H groups in total. The van der Waals surface area contributed by atoms with Gasteiger partial charge in [0.1, 0.15) is 0 Å². The van der Waals surface area contributed by atoms with Crippen molar-refractivity contribution in [2.24, 2.45) is 0 Å². The lowest BCUT2D eigenvalue weighted by Crippen LogP contribution is -2.48. The van der Waals surface area contributed by atoms with Crippen LogP contribution in [-0.2, 0) is 4.74 Å². The third-order valence-corrected chi connectivity index (χ3v) is 2.77. The number of rotatable bonds is 1. The fourth-order valence-electron chi connectivity index (χ4n) is 1.76. The molecular formula is C9H13N3O2S. The summed E-state index contributed by atoms with van der Waals surface area (Å²) in [6.45, 7) is 5.19. The highest BCUT2D eigenvalue weighted by molar-refractivity contribution is 6.99. The molecule has 5 nitrogen and oxygen atoms in total. The Morgan fingerprint density at radius 1 is 1.53 bits per heavy atom. The Bertz CT molecular complexity index is 331. The quantitative estimate of drug-likeness (QED) is 0.711. The molecule has 2 unspecified atom stereocenters. The van der Waals surface area contributed by atoms with E-state index < -0.39 is 0 Å². The average molecular weight is 227 g/mol. The molecule has 1 saturated heterocycles. The maximum atomic E-state index is 11.9. The van der Waals surface area contributed by atoms with Crippen LogP contribution in [0, 0.1) is 0 Å². The first-order valence-corrected chi connectivity index (χ1v) is 5.62. The fraction of sp³-hybridized carbons (Fsp3) is 0.667. The molecule has 1 fully saturated rings. The Hall–Kier alpha value is -1.01. The summed E-state index contributed by atoms with van der Waals surface area (Å²) in [4.78, 5) is 13.7. The monoisotopic (exact) mass is 227 g/mol. The summed E-state index contributed by atoms with van der Waals surface area (Å²) in [5, 5.41) is 0. The summed E-state index contributed by atoms with van der Waals surface area (Å²) in [6.07, 6.45) is 1.69. The largest absolute Gasteiger partial charge is 0.372 e. The molecule has 2 rings (SSSR count). The summed E-state index contributed by atoms with van der Waals surface area (Å²) in [6, 6.07) is 0. The van der Waals surface area contributed by atoms with E-state index in [4.69, 9.17) is 4.74 Å². The van der Waals surface area contributed by atoms with Crippen LogP contribution in [0.1, 0.15) is 24.3 Å². The normalized spacial score (nSPS) is 26.7. The molecule has 2 heterocycles. The van der Waals surface area contributed by atoms with Crippen LogP contribution >= 0.6 is 11.7 Å². The van der Waals surface area contributed by atoms with Crippen molar-refractivity contribution < 1.29 is 9.53 Å². The van der Waals surface area contributed by atoms with E-state index in [2.05, 4.69) is 8.75 Å². The van der Waals surface area contributed by atoms with E-state index in [0.717, 1.165) is 11.7 Å². The van der Waals surface area contributed by atoms with E-state index in [0.29, 0.717) is 18.8 Å². The second kappa shape index (κ2) is 4.24. The van der Waals surface area contributed by atoms with Crippen LogP contribution < -0.4 is 0 Å². The highest BCUT2D eigenvalue weighted by atomic mass is 32.1. The van der Waals surface area contributed by atoms with E-state index in [-0.39, 0.29) is 18.1 Å². The Morgan fingerprint density at radius 2 is 2.20 bits per heavy atom. The number of hydrogen-bond acceptors (Lipinski definition) is 5. The number of ether oxygens (including phenoxy) is 1. The van der Waals surface area contributed by atoms with Crippen molar-refractivity contribution in [1.82, 2.24) is 13.6 Å². The van der Waals surface area contributed by atoms with Gasteiger partial charge in [-0.25, -0.2) is 0 Å². The van der Waals surface area contributed by atoms with Gasteiger partial charge in [0.25, 0.3) is 5.91 Å². The molecular weight excluding hydrogens is 214 g/mol. The maximum absolute atomic E-state index is 11.9. The minimum absolute atomic E-state index is 0.0502. The summed E-state index contributed by atoms with van der Waals surface area (Å²) in [7, 11) is 0. The fourth-order valence-corrected chi connectivity index (χ4v) is 2.17. The number of aromatic nitrogens is 2. The van der Waals surface area contributed by atoms with E-state index >= 15 is 0 Å². The molecule has 1 aromatic rings. The molecule has 82 valence electrons. The lowest BCUT2D eigenvalue weighted by Gasteiger charge is -2.34. The molecule has 6 heteroatoms. The van der Waals surface area contributed by atoms with Crippen molar-refractivity contribution in [1.29, 1.82) is 0 Å². The van der Waals surface area contributed by atoms with Gasteiger partial charge in [0.15, 0.2) is 5.69 Å². The Labute approximate surface area is 92.4 Å². The van der Waals surface area contributed by atoms with Crippen molar-refractivity contribution in [2.45, 2.75) is 26.1 Å². The molecule has 0 spiro atoms. The second-order valence-electron chi connectivity index (χ2n) is 3.76. The van der Waals surface area contributed by atoms with Crippen LogP contribution in [0.3, 0.4) is 0 Å². The Balaban J connectivity index is 2.07. The second-order valence-corrected chi connectivity index (χ2v) is 4.32. The van der Waals surface area contributed by atoms with Gasteiger partial charge in [-0.2, -0.15) is 8.75 Å². The predicted octanol–water partition coefficient (Wildman–Crippen LogP) is 0.787. The van der Waals surface area contributed by atoms with Crippen LogP contribution in [0.15, 0.2) is 6.20 Å². The molecule has 15 heavy (non-hydrogen) atoms. The predicted molar refractivity (Wildman–Crippen MR) is 55.8 cm³/mol. The SMILES string of the molecule is CC1CN(C(=O)c2cnsn2)CC(C)O1.